The van der Waals surface area contributed by atoms with Crippen LogP contribution in [0.2, 0.25) is 0 Å². The summed E-state index contributed by atoms with van der Waals surface area (Å²) in [6.07, 6.45) is 4.04. The fourth-order valence-electron chi connectivity index (χ4n) is 1.55. The van der Waals surface area contributed by atoms with Crippen LogP contribution in [0.25, 0.3) is 0 Å². The molecule has 0 aromatic carbocycles. The maximum absolute atomic E-state index is 8.72. The first-order valence-electron chi connectivity index (χ1n) is 3.88. The van der Waals surface area contributed by atoms with E-state index >= 15 is 0 Å². The molecule has 1 aromatic rings. The van der Waals surface area contributed by atoms with E-state index in [1.54, 1.807) is 0 Å². The highest BCUT2D eigenvalue weighted by Gasteiger charge is 2.15. The summed E-state index contributed by atoms with van der Waals surface area (Å²) in [5.41, 5.74) is 1.87. The zero-order valence-corrected chi connectivity index (χ0v) is 8.65. The van der Waals surface area contributed by atoms with E-state index in [1.165, 1.54) is 3.57 Å². The topological polar surface area (TPSA) is 37.5 Å². The van der Waals surface area contributed by atoms with Gasteiger partial charge >= 0.3 is 0 Å². The van der Waals surface area contributed by atoms with Gasteiger partial charge in [0.1, 0.15) is 5.71 Å². The number of aromatic nitrogens is 1. The van der Waals surface area contributed by atoms with Crippen molar-refractivity contribution >= 4 is 28.3 Å². The maximum atomic E-state index is 8.72. The molecule has 0 saturated carbocycles. The molecule has 0 aliphatic carbocycles. The van der Waals surface area contributed by atoms with Gasteiger partial charge in [-0.05, 0) is 41.5 Å². The van der Waals surface area contributed by atoms with E-state index in [2.05, 4.69) is 44.6 Å². The maximum Gasteiger partial charge on any atom is 0.103 e. The first-order valence-corrected chi connectivity index (χ1v) is 4.96. The van der Waals surface area contributed by atoms with Crippen molar-refractivity contribution in [2.75, 3.05) is 0 Å². The lowest BCUT2D eigenvalue weighted by Crippen LogP contribution is -2.16. The SMILES string of the molecule is O/N=C1\CCCn2cc(I)cc21. The van der Waals surface area contributed by atoms with Gasteiger partial charge in [0.05, 0.1) is 5.69 Å². The number of rotatable bonds is 0. The largest absolute Gasteiger partial charge is 0.411 e. The van der Waals surface area contributed by atoms with Gasteiger partial charge < -0.3 is 9.77 Å². The number of fused-ring (bicyclic) bond motifs is 1. The minimum Gasteiger partial charge on any atom is -0.411 e. The first kappa shape index (κ1) is 8.10. The molecule has 1 N–H and O–H groups in total. The second-order valence-corrected chi connectivity index (χ2v) is 4.13. The Labute approximate surface area is 84.2 Å². The minimum absolute atomic E-state index is 0.809. The molecule has 0 saturated heterocycles. The number of nitrogens with zero attached hydrogens (tertiary/aromatic N) is 2. The molecule has 0 fully saturated rings. The number of halogens is 1. The molecule has 0 unspecified atom stereocenters. The van der Waals surface area contributed by atoms with Gasteiger partial charge in [-0.15, -0.1) is 0 Å². The quantitative estimate of drug-likeness (QED) is 0.439. The highest BCUT2D eigenvalue weighted by molar-refractivity contribution is 14.1. The second kappa shape index (κ2) is 3.08. The van der Waals surface area contributed by atoms with Crippen molar-refractivity contribution in [1.29, 1.82) is 0 Å². The first-order chi connectivity index (χ1) is 5.81. The average Bonchev–Trinajstić information content (AvgIpc) is 2.44. The smallest absolute Gasteiger partial charge is 0.103 e. The van der Waals surface area contributed by atoms with Crippen LogP contribution in [0.3, 0.4) is 0 Å². The molecule has 3 nitrogen and oxygen atoms in total. The minimum atomic E-state index is 0.809. The molecular weight excluding hydrogens is 267 g/mol. The van der Waals surface area contributed by atoms with E-state index in [0.717, 1.165) is 30.8 Å². The normalized spacial score (nSPS) is 19.6. The van der Waals surface area contributed by atoms with Gasteiger partial charge in [0, 0.05) is 16.3 Å². The van der Waals surface area contributed by atoms with Gasteiger partial charge in [-0.3, -0.25) is 0 Å². The van der Waals surface area contributed by atoms with Crippen molar-refractivity contribution in [1.82, 2.24) is 4.57 Å². The van der Waals surface area contributed by atoms with Crippen molar-refractivity contribution in [3.63, 3.8) is 0 Å². The number of hydrogen-bond donors (Lipinski definition) is 1. The molecule has 64 valence electrons. The van der Waals surface area contributed by atoms with E-state index in [9.17, 15) is 0 Å². The Morgan fingerprint density at radius 3 is 3.17 bits per heavy atom. The van der Waals surface area contributed by atoms with Gasteiger partial charge in [0.2, 0.25) is 0 Å². The van der Waals surface area contributed by atoms with Crippen LogP contribution >= 0.6 is 22.6 Å². The molecule has 0 radical (unpaired) electrons. The van der Waals surface area contributed by atoms with E-state index in [-0.39, 0.29) is 0 Å². The Balaban J connectivity index is 2.50. The van der Waals surface area contributed by atoms with E-state index < -0.39 is 0 Å². The molecular formula is C8H9IN2O. The number of hydrogen-bond acceptors (Lipinski definition) is 2. The lowest BCUT2D eigenvalue weighted by atomic mass is 10.1. The molecule has 1 aromatic heterocycles. The van der Waals surface area contributed by atoms with Gasteiger partial charge in [-0.2, -0.15) is 0 Å². The highest BCUT2D eigenvalue weighted by atomic mass is 127. The summed E-state index contributed by atoms with van der Waals surface area (Å²) in [5.74, 6) is 0. The molecule has 2 heterocycles. The van der Waals surface area contributed by atoms with Crippen LogP contribution in [0, 0.1) is 3.57 Å². The third-order valence-corrected chi connectivity index (χ3v) is 2.68. The average molecular weight is 276 g/mol. The Morgan fingerprint density at radius 1 is 1.58 bits per heavy atom. The van der Waals surface area contributed by atoms with Crippen LogP contribution in [0.1, 0.15) is 18.5 Å². The van der Waals surface area contributed by atoms with Crippen LogP contribution in [0.15, 0.2) is 17.4 Å². The van der Waals surface area contributed by atoms with Crippen LogP contribution < -0.4 is 0 Å². The highest BCUT2D eigenvalue weighted by Crippen LogP contribution is 2.19. The zero-order valence-electron chi connectivity index (χ0n) is 6.50. The monoisotopic (exact) mass is 276 g/mol. The number of oxime groups is 1. The molecule has 0 atom stereocenters. The van der Waals surface area contributed by atoms with Crippen LogP contribution in [-0.2, 0) is 6.54 Å². The van der Waals surface area contributed by atoms with E-state index in [0.29, 0.717) is 0 Å². The van der Waals surface area contributed by atoms with Crippen molar-refractivity contribution in [3.8, 4) is 0 Å². The third-order valence-electron chi connectivity index (χ3n) is 2.09. The summed E-state index contributed by atoms with van der Waals surface area (Å²) in [6, 6.07) is 2.05. The van der Waals surface area contributed by atoms with Crippen LogP contribution in [0.5, 0.6) is 0 Å². The lowest BCUT2D eigenvalue weighted by Gasteiger charge is -2.15. The molecule has 1 aliphatic heterocycles. The molecule has 0 spiro atoms. The van der Waals surface area contributed by atoms with Gasteiger partial charge in [-0.1, -0.05) is 5.16 Å². The number of aryl methyl sites for hydroxylation is 1. The second-order valence-electron chi connectivity index (χ2n) is 2.89. The molecule has 4 heteroatoms. The standard InChI is InChI=1S/C8H9IN2O/c9-6-4-8-7(10-12)2-1-3-11(8)5-6/h4-5,12H,1-3H2/b10-7+. The van der Waals surface area contributed by atoms with Gasteiger partial charge in [0.25, 0.3) is 0 Å². The van der Waals surface area contributed by atoms with Crippen molar-refractivity contribution in [2.45, 2.75) is 19.4 Å². The molecule has 0 amide bonds. The summed E-state index contributed by atoms with van der Waals surface area (Å²) in [7, 11) is 0. The zero-order chi connectivity index (χ0) is 8.55. The van der Waals surface area contributed by atoms with Crippen molar-refractivity contribution in [2.24, 2.45) is 5.16 Å². The molecule has 1 aliphatic rings. The Kier molecular flexibility index (Phi) is 2.08. The fourth-order valence-corrected chi connectivity index (χ4v) is 2.18. The molecule has 2 rings (SSSR count). The summed E-state index contributed by atoms with van der Waals surface area (Å²) in [6.45, 7) is 1.04. The summed E-state index contributed by atoms with van der Waals surface area (Å²) in [4.78, 5) is 0. The van der Waals surface area contributed by atoms with E-state index in [1.807, 2.05) is 0 Å². The summed E-state index contributed by atoms with van der Waals surface area (Å²) in [5, 5.41) is 12.0. The summed E-state index contributed by atoms with van der Waals surface area (Å²) < 4.78 is 3.34. The Hall–Kier alpha value is -0.520. The van der Waals surface area contributed by atoms with E-state index in [4.69, 9.17) is 5.21 Å². The Bertz CT molecular complexity index is 330. The summed E-state index contributed by atoms with van der Waals surface area (Å²) >= 11 is 2.27. The Morgan fingerprint density at radius 2 is 2.42 bits per heavy atom. The lowest BCUT2D eigenvalue weighted by molar-refractivity contribution is 0.316. The van der Waals surface area contributed by atoms with Crippen LogP contribution in [-0.4, -0.2) is 15.5 Å². The van der Waals surface area contributed by atoms with Crippen molar-refractivity contribution in [3.05, 3.63) is 21.5 Å². The predicted octanol–water partition coefficient (Wildman–Crippen LogP) is 2.06. The van der Waals surface area contributed by atoms with Crippen molar-refractivity contribution < 1.29 is 5.21 Å². The molecule has 12 heavy (non-hydrogen) atoms. The fraction of sp³-hybridized carbons (Fsp3) is 0.375. The van der Waals surface area contributed by atoms with Gasteiger partial charge in [-0.25, -0.2) is 0 Å². The molecule has 0 bridgehead atoms. The van der Waals surface area contributed by atoms with Gasteiger partial charge in [0.15, 0.2) is 0 Å². The predicted molar refractivity (Wildman–Crippen MR) is 54.7 cm³/mol. The van der Waals surface area contributed by atoms with Crippen LogP contribution in [0.4, 0.5) is 0 Å². The third kappa shape index (κ3) is 1.24.